The van der Waals surface area contributed by atoms with Crippen LogP contribution in [0.15, 0.2) is 0 Å². The summed E-state index contributed by atoms with van der Waals surface area (Å²) in [5, 5.41) is 3.97. The van der Waals surface area contributed by atoms with Crippen molar-refractivity contribution in [1.82, 2.24) is 10.2 Å². The molecule has 21 heavy (non-hydrogen) atoms. The van der Waals surface area contributed by atoms with Gasteiger partial charge in [-0.25, -0.2) is 0 Å². The van der Waals surface area contributed by atoms with Gasteiger partial charge in [0.2, 0.25) is 0 Å². The second-order valence-corrected chi connectivity index (χ2v) is 8.77. The molecule has 4 rings (SSSR count). The minimum atomic E-state index is 0.473. The van der Waals surface area contributed by atoms with Crippen LogP contribution in [0.25, 0.3) is 0 Å². The summed E-state index contributed by atoms with van der Waals surface area (Å²) in [6, 6.07) is 0.790. The Morgan fingerprint density at radius 2 is 1.90 bits per heavy atom. The Kier molecular flexibility index (Phi) is 4.04. The summed E-state index contributed by atoms with van der Waals surface area (Å²) in [4.78, 5) is 2.90. The maximum absolute atomic E-state index is 3.97. The molecule has 0 amide bonds. The third kappa shape index (κ3) is 2.91. The monoisotopic (exact) mass is 290 g/mol. The smallest absolute Gasteiger partial charge is 0.0308 e. The van der Waals surface area contributed by atoms with E-state index in [0.29, 0.717) is 5.54 Å². The van der Waals surface area contributed by atoms with Crippen molar-refractivity contribution in [2.75, 3.05) is 19.6 Å². The lowest BCUT2D eigenvalue weighted by Gasteiger charge is -2.42. The van der Waals surface area contributed by atoms with Crippen LogP contribution >= 0.6 is 0 Å². The molecule has 0 aromatic rings. The maximum atomic E-state index is 3.97. The number of nitrogens with one attached hydrogen (secondary N) is 1. The predicted molar refractivity (Wildman–Crippen MR) is 88.4 cm³/mol. The molecule has 3 aliphatic carbocycles. The third-order valence-corrected chi connectivity index (χ3v) is 7.36. The van der Waals surface area contributed by atoms with Gasteiger partial charge in [-0.2, -0.15) is 0 Å². The van der Waals surface area contributed by atoms with Gasteiger partial charge in [-0.3, -0.25) is 4.90 Å². The fourth-order valence-electron chi connectivity index (χ4n) is 6.04. The van der Waals surface area contributed by atoms with E-state index in [-0.39, 0.29) is 0 Å². The van der Waals surface area contributed by atoms with Crippen molar-refractivity contribution in [3.8, 4) is 0 Å². The Morgan fingerprint density at radius 3 is 2.62 bits per heavy atom. The van der Waals surface area contributed by atoms with Crippen molar-refractivity contribution in [3.05, 3.63) is 0 Å². The predicted octanol–water partition coefficient (Wildman–Crippen LogP) is 3.81. The highest BCUT2D eigenvalue weighted by Gasteiger charge is 2.42. The van der Waals surface area contributed by atoms with E-state index in [9.17, 15) is 0 Å². The van der Waals surface area contributed by atoms with Gasteiger partial charge < -0.3 is 5.32 Å². The first-order chi connectivity index (χ1) is 10.2. The van der Waals surface area contributed by atoms with E-state index >= 15 is 0 Å². The van der Waals surface area contributed by atoms with E-state index < -0.39 is 0 Å². The third-order valence-electron chi connectivity index (χ3n) is 7.36. The van der Waals surface area contributed by atoms with Gasteiger partial charge in [0.05, 0.1) is 0 Å². The van der Waals surface area contributed by atoms with Crippen LogP contribution in [0.5, 0.6) is 0 Å². The molecule has 3 saturated carbocycles. The first-order valence-corrected chi connectivity index (χ1v) is 9.73. The van der Waals surface area contributed by atoms with E-state index in [1.54, 1.807) is 25.7 Å². The summed E-state index contributed by atoms with van der Waals surface area (Å²) in [6.07, 6.45) is 14.8. The average Bonchev–Trinajstić information content (AvgIpc) is 3.06. The molecule has 1 spiro atoms. The Balaban J connectivity index is 1.44. The minimum Gasteiger partial charge on any atom is -0.310 e. The Hall–Kier alpha value is -0.0800. The van der Waals surface area contributed by atoms with Crippen molar-refractivity contribution in [3.63, 3.8) is 0 Å². The van der Waals surface area contributed by atoms with Crippen LogP contribution in [0.2, 0.25) is 0 Å². The standard InChI is InChI=1S/C19H34N2/c1-15-7-10-20-19(8-3-2-4-9-19)14-21(15)13-18-12-16-5-6-17(18)11-16/h15-18,20H,2-14H2,1H3. The quantitative estimate of drug-likeness (QED) is 0.832. The Labute approximate surface area is 131 Å². The number of fused-ring (bicyclic) bond motifs is 2. The second-order valence-electron chi connectivity index (χ2n) is 8.77. The molecule has 2 bridgehead atoms. The van der Waals surface area contributed by atoms with Crippen LogP contribution in [-0.4, -0.2) is 36.1 Å². The Bertz CT molecular complexity index is 361. The highest BCUT2D eigenvalue weighted by Crippen LogP contribution is 2.48. The number of rotatable bonds is 2. The molecule has 4 fully saturated rings. The maximum Gasteiger partial charge on any atom is 0.0308 e. The Morgan fingerprint density at radius 1 is 1.05 bits per heavy atom. The summed E-state index contributed by atoms with van der Waals surface area (Å²) in [7, 11) is 0. The van der Waals surface area contributed by atoms with Crippen molar-refractivity contribution >= 4 is 0 Å². The number of hydrogen-bond donors (Lipinski definition) is 1. The zero-order valence-corrected chi connectivity index (χ0v) is 13.9. The molecular weight excluding hydrogens is 256 g/mol. The second kappa shape index (κ2) is 5.85. The van der Waals surface area contributed by atoms with Gasteiger partial charge >= 0.3 is 0 Å². The molecule has 2 heteroatoms. The van der Waals surface area contributed by atoms with Gasteiger partial charge in [-0.15, -0.1) is 0 Å². The van der Waals surface area contributed by atoms with Crippen LogP contribution in [0.1, 0.15) is 71.1 Å². The lowest BCUT2D eigenvalue weighted by atomic mass is 9.81. The summed E-state index contributed by atoms with van der Waals surface area (Å²) in [5.74, 6) is 3.22. The largest absolute Gasteiger partial charge is 0.310 e. The fourth-order valence-corrected chi connectivity index (χ4v) is 6.04. The van der Waals surface area contributed by atoms with Crippen LogP contribution in [0, 0.1) is 17.8 Å². The lowest BCUT2D eigenvalue weighted by molar-refractivity contribution is 0.106. The van der Waals surface area contributed by atoms with E-state index in [0.717, 1.165) is 23.8 Å². The van der Waals surface area contributed by atoms with Crippen molar-refractivity contribution in [2.24, 2.45) is 17.8 Å². The van der Waals surface area contributed by atoms with E-state index in [4.69, 9.17) is 0 Å². The summed E-state index contributed by atoms with van der Waals surface area (Å²) < 4.78 is 0. The molecule has 120 valence electrons. The van der Waals surface area contributed by atoms with Gasteiger partial charge in [0.15, 0.2) is 0 Å². The zero-order valence-electron chi connectivity index (χ0n) is 13.9. The molecule has 1 heterocycles. The highest BCUT2D eigenvalue weighted by atomic mass is 15.2. The van der Waals surface area contributed by atoms with Crippen molar-refractivity contribution in [1.29, 1.82) is 0 Å². The first-order valence-electron chi connectivity index (χ1n) is 9.73. The molecule has 2 nitrogen and oxygen atoms in total. The molecule has 0 aromatic carbocycles. The van der Waals surface area contributed by atoms with Gasteiger partial charge in [0.1, 0.15) is 0 Å². The molecule has 1 saturated heterocycles. The molecule has 4 unspecified atom stereocenters. The zero-order chi connectivity index (χ0) is 14.3. The van der Waals surface area contributed by atoms with Crippen LogP contribution in [-0.2, 0) is 0 Å². The fraction of sp³-hybridized carbons (Fsp3) is 1.00. The highest BCUT2D eigenvalue weighted by molar-refractivity contribution is 4.99. The SMILES string of the molecule is CC1CCNC2(CCCCC2)CN1CC1CC2CCC1C2. The molecule has 1 N–H and O–H groups in total. The molecule has 0 radical (unpaired) electrons. The summed E-state index contributed by atoms with van der Waals surface area (Å²) in [6.45, 7) is 6.47. The number of nitrogens with zero attached hydrogens (tertiary/aromatic N) is 1. The molecule has 4 atom stereocenters. The normalized spacial score (nSPS) is 43.3. The lowest BCUT2D eigenvalue weighted by Crippen LogP contribution is -2.54. The number of hydrogen-bond acceptors (Lipinski definition) is 2. The van der Waals surface area contributed by atoms with E-state index in [1.807, 2.05) is 0 Å². The van der Waals surface area contributed by atoms with Gasteiger partial charge in [0, 0.05) is 24.7 Å². The summed E-state index contributed by atoms with van der Waals surface area (Å²) >= 11 is 0. The van der Waals surface area contributed by atoms with Crippen molar-refractivity contribution in [2.45, 2.75) is 82.7 Å². The van der Waals surface area contributed by atoms with Crippen molar-refractivity contribution < 1.29 is 0 Å². The molecule has 1 aliphatic heterocycles. The molecule has 0 aromatic heterocycles. The average molecular weight is 290 g/mol. The van der Waals surface area contributed by atoms with Gasteiger partial charge in [0.25, 0.3) is 0 Å². The van der Waals surface area contributed by atoms with Gasteiger partial charge in [-0.05, 0) is 69.7 Å². The van der Waals surface area contributed by atoms with Gasteiger partial charge in [-0.1, -0.05) is 25.7 Å². The summed E-state index contributed by atoms with van der Waals surface area (Å²) in [5.41, 5.74) is 0.473. The van der Waals surface area contributed by atoms with Crippen LogP contribution in [0.4, 0.5) is 0 Å². The van der Waals surface area contributed by atoms with E-state index in [2.05, 4.69) is 17.1 Å². The first kappa shape index (κ1) is 14.5. The topological polar surface area (TPSA) is 15.3 Å². The molecule has 4 aliphatic rings. The minimum absolute atomic E-state index is 0.473. The van der Waals surface area contributed by atoms with Crippen LogP contribution < -0.4 is 5.32 Å². The van der Waals surface area contributed by atoms with E-state index in [1.165, 1.54) is 58.2 Å². The van der Waals surface area contributed by atoms with Crippen LogP contribution in [0.3, 0.4) is 0 Å². The molecular formula is C19H34N2.